The number of amides is 1. The van der Waals surface area contributed by atoms with E-state index >= 15 is 0 Å². The molecule has 9 heteroatoms. The van der Waals surface area contributed by atoms with Gasteiger partial charge in [-0.3, -0.25) is 9.59 Å². The van der Waals surface area contributed by atoms with Crippen LogP contribution in [-0.4, -0.2) is 35.0 Å². The maximum absolute atomic E-state index is 12.2. The molecule has 1 aliphatic carbocycles. The van der Waals surface area contributed by atoms with Crippen LogP contribution < -0.4 is 14.8 Å². The molecular weight excluding hydrogens is 420 g/mol. The molecule has 3 aromatic rings. The Morgan fingerprint density at radius 3 is 2.74 bits per heavy atom. The van der Waals surface area contributed by atoms with Crippen molar-refractivity contribution in [3.8, 4) is 11.5 Å². The Hall–Kier alpha value is -3.20. The molecule has 2 heterocycles. The van der Waals surface area contributed by atoms with Crippen LogP contribution in [0.1, 0.15) is 25.7 Å². The van der Waals surface area contributed by atoms with Gasteiger partial charge in [-0.2, -0.15) is 0 Å². The Balaban J connectivity index is 1.09. The number of fused-ring (bicyclic) bond motifs is 2. The predicted molar refractivity (Wildman–Crippen MR) is 113 cm³/mol. The zero-order valence-electron chi connectivity index (χ0n) is 16.6. The maximum Gasteiger partial charge on any atom is 0.316 e. The molecule has 0 atom stereocenters. The monoisotopic (exact) mass is 440 g/mol. The lowest BCUT2D eigenvalue weighted by atomic mass is 10.2. The molecule has 1 aliphatic heterocycles. The summed E-state index contributed by atoms with van der Waals surface area (Å²) < 4.78 is 22.5. The van der Waals surface area contributed by atoms with Crippen molar-refractivity contribution in [2.24, 2.45) is 0 Å². The minimum Gasteiger partial charge on any atom is -0.455 e. The molecule has 1 aromatic heterocycles. The van der Waals surface area contributed by atoms with Gasteiger partial charge in [0.05, 0.1) is 0 Å². The number of hydrogen-bond acceptors (Lipinski definition) is 8. The number of nitrogens with one attached hydrogen (secondary N) is 1. The van der Waals surface area contributed by atoms with Gasteiger partial charge in [-0.05, 0) is 37.1 Å². The van der Waals surface area contributed by atoms with Gasteiger partial charge >= 0.3 is 5.97 Å². The van der Waals surface area contributed by atoms with E-state index < -0.39 is 17.7 Å². The standard InChI is InChI=1S/C22H20N2O6S/c25-19(12-27-20(26)13-31-21-24-15-5-1-2-6-16(15)28-21)23-14-7-8-17-18(11-14)30-22(29-17)9-3-4-10-22/h1-2,5-8,11H,3-4,9-10,12-13H2,(H,23,25). The Morgan fingerprint density at radius 1 is 1.10 bits per heavy atom. The number of carbonyl (C=O) groups excluding carboxylic acids is 2. The molecule has 1 amide bonds. The molecule has 8 nitrogen and oxygen atoms in total. The zero-order chi connectivity index (χ0) is 21.3. The minimum absolute atomic E-state index is 0.00773. The zero-order valence-corrected chi connectivity index (χ0v) is 17.4. The summed E-state index contributed by atoms with van der Waals surface area (Å²) in [5, 5.41) is 3.09. The summed E-state index contributed by atoms with van der Waals surface area (Å²) in [6.07, 6.45) is 3.88. The number of rotatable bonds is 6. The van der Waals surface area contributed by atoms with Crippen LogP contribution in [0.2, 0.25) is 0 Å². The Labute approximate surface area is 182 Å². The van der Waals surface area contributed by atoms with Crippen molar-refractivity contribution in [1.29, 1.82) is 0 Å². The number of benzene rings is 2. The fourth-order valence-electron chi connectivity index (χ4n) is 3.71. The lowest BCUT2D eigenvalue weighted by molar-refractivity contribution is -0.144. The molecule has 1 saturated carbocycles. The third-order valence-corrected chi connectivity index (χ3v) is 5.94. The number of thioether (sulfide) groups is 1. The van der Waals surface area contributed by atoms with E-state index in [1.165, 1.54) is 0 Å². The second-order valence-electron chi connectivity index (χ2n) is 7.43. The van der Waals surface area contributed by atoms with Crippen LogP contribution >= 0.6 is 11.8 Å². The number of carbonyl (C=O) groups is 2. The van der Waals surface area contributed by atoms with Crippen LogP contribution in [0.5, 0.6) is 11.5 Å². The largest absolute Gasteiger partial charge is 0.455 e. The van der Waals surface area contributed by atoms with E-state index in [0.717, 1.165) is 43.0 Å². The summed E-state index contributed by atoms with van der Waals surface area (Å²) >= 11 is 1.12. The molecule has 0 bridgehead atoms. The fraction of sp³-hybridized carbons (Fsp3) is 0.318. The average Bonchev–Trinajstić information content (AvgIpc) is 3.48. The first-order chi connectivity index (χ1) is 15.1. The number of para-hydroxylation sites is 2. The summed E-state index contributed by atoms with van der Waals surface area (Å²) in [7, 11) is 0. The molecule has 1 spiro atoms. The molecule has 5 rings (SSSR count). The minimum atomic E-state index is -0.549. The molecule has 1 fully saturated rings. The van der Waals surface area contributed by atoms with Gasteiger partial charge in [-0.15, -0.1) is 0 Å². The maximum atomic E-state index is 12.2. The van der Waals surface area contributed by atoms with Crippen LogP contribution in [0.25, 0.3) is 11.1 Å². The van der Waals surface area contributed by atoms with Gasteiger partial charge in [0.2, 0.25) is 0 Å². The van der Waals surface area contributed by atoms with E-state index in [1.54, 1.807) is 24.3 Å². The van der Waals surface area contributed by atoms with Gasteiger partial charge in [0.1, 0.15) is 11.3 Å². The first-order valence-corrected chi connectivity index (χ1v) is 11.0. The lowest BCUT2D eigenvalue weighted by Gasteiger charge is -2.21. The molecule has 1 N–H and O–H groups in total. The summed E-state index contributed by atoms with van der Waals surface area (Å²) in [5.74, 6) is -0.223. The normalized spacial score (nSPS) is 16.0. The molecule has 0 radical (unpaired) electrons. The van der Waals surface area contributed by atoms with Crippen molar-refractivity contribution in [2.45, 2.75) is 36.7 Å². The third kappa shape index (κ3) is 4.32. The number of anilines is 1. The van der Waals surface area contributed by atoms with Crippen molar-refractivity contribution in [1.82, 2.24) is 4.98 Å². The van der Waals surface area contributed by atoms with Crippen LogP contribution in [0.4, 0.5) is 5.69 Å². The molecular formula is C22H20N2O6S. The molecule has 2 aromatic carbocycles. The van der Waals surface area contributed by atoms with Crippen molar-refractivity contribution >= 4 is 40.4 Å². The number of aromatic nitrogens is 1. The topological polar surface area (TPSA) is 99.9 Å². The smallest absolute Gasteiger partial charge is 0.316 e. The van der Waals surface area contributed by atoms with Gasteiger partial charge < -0.3 is 23.9 Å². The van der Waals surface area contributed by atoms with Gasteiger partial charge in [0.25, 0.3) is 16.9 Å². The van der Waals surface area contributed by atoms with E-state index in [9.17, 15) is 9.59 Å². The van der Waals surface area contributed by atoms with Crippen molar-refractivity contribution in [3.63, 3.8) is 0 Å². The highest BCUT2D eigenvalue weighted by Crippen LogP contribution is 2.47. The van der Waals surface area contributed by atoms with Crippen molar-refractivity contribution < 1.29 is 28.2 Å². The number of oxazole rings is 1. The van der Waals surface area contributed by atoms with Gasteiger partial charge in [0, 0.05) is 24.6 Å². The van der Waals surface area contributed by atoms with E-state index in [-0.39, 0.29) is 12.4 Å². The number of esters is 1. The van der Waals surface area contributed by atoms with Crippen molar-refractivity contribution in [2.75, 3.05) is 17.7 Å². The van der Waals surface area contributed by atoms with E-state index in [1.807, 2.05) is 18.2 Å². The molecule has 31 heavy (non-hydrogen) atoms. The van der Waals surface area contributed by atoms with Gasteiger partial charge in [-0.25, -0.2) is 4.98 Å². The molecule has 2 aliphatic rings. The molecule has 160 valence electrons. The SMILES string of the molecule is O=C(COC(=O)CSc1nc2ccccc2o1)Nc1ccc2c(c1)OC1(CCCC1)O2. The van der Waals surface area contributed by atoms with Crippen molar-refractivity contribution in [3.05, 3.63) is 42.5 Å². The lowest BCUT2D eigenvalue weighted by Crippen LogP contribution is -2.34. The van der Waals surface area contributed by atoms with Crippen LogP contribution in [-0.2, 0) is 14.3 Å². The van der Waals surface area contributed by atoms with Crippen LogP contribution in [0.3, 0.4) is 0 Å². The Kier molecular flexibility index (Phi) is 5.19. The van der Waals surface area contributed by atoms with E-state index in [4.69, 9.17) is 18.6 Å². The highest BCUT2D eigenvalue weighted by molar-refractivity contribution is 7.99. The fourth-order valence-corrected chi connectivity index (χ4v) is 4.34. The Morgan fingerprint density at radius 2 is 1.90 bits per heavy atom. The Bertz CT molecular complexity index is 1100. The van der Waals surface area contributed by atoms with Crippen LogP contribution in [0, 0.1) is 0 Å². The molecule has 0 saturated heterocycles. The van der Waals surface area contributed by atoms with Crippen LogP contribution in [0.15, 0.2) is 52.1 Å². The summed E-state index contributed by atoms with van der Waals surface area (Å²) in [5.41, 5.74) is 1.93. The first kappa shape index (κ1) is 19.7. The second kappa shape index (κ2) is 8.14. The summed E-state index contributed by atoms with van der Waals surface area (Å²) in [6.45, 7) is -0.384. The highest BCUT2D eigenvalue weighted by atomic mass is 32.2. The average molecular weight is 440 g/mol. The van der Waals surface area contributed by atoms with Gasteiger partial charge in [-0.1, -0.05) is 23.9 Å². The number of hydrogen-bond donors (Lipinski definition) is 1. The highest BCUT2D eigenvalue weighted by Gasteiger charge is 2.44. The molecule has 0 unspecified atom stereocenters. The first-order valence-electron chi connectivity index (χ1n) is 10.0. The van der Waals surface area contributed by atoms with E-state index in [2.05, 4.69) is 10.3 Å². The number of ether oxygens (including phenoxy) is 3. The summed E-state index contributed by atoms with van der Waals surface area (Å²) in [6, 6.07) is 12.6. The second-order valence-corrected chi connectivity index (χ2v) is 8.36. The number of nitrogens with zero attached hydrogens (tertiary/aromatic N) is 1. The quantitative estimate of drug-likeness (QED) is 0.451. The predicted octanol–water partition coefficient (Wildman–Crippen LogP) is 4.14. The van der Waals surface area contributed by atoms with Gasteiger partial charge in [0.15, 0.2) is 23.7 Å². The van der Waals surface area contributed by atoms with E-state index in [0.29, 0.717) is 28.0 Å². The summed E-state index contributed by atoms with van der Waals surface area (Å²) in [4.78, 5) is 28.4. The third-order valence-electron chi connectivity index (χ3n) is 5.14.